The average molecular weight is 254 g/mol. The van der Waals surface area contributed by atoms with Crippen molar-refractivity contribution in [1.82, 2.24) is 5.32 Å². The van der Waals surface area contributed by atoms with Gasteiger partial charge < -0.3 is 10.4 Å². The molecule has 1 aliphatic rings. The fraction of sp³-hybridized carbons (Fsp3) is 0.462. The molecule has 0 saturated carbocycles. The van der Waals surface area contributed by atoms with E-state index in [0.717, 1.165) is 29.8 Å². The molecule has 0 amide bonds. The van der Waals surface area contributed by atoms with Gasteiger partial charge in [0.15, 0.2) is 0 Å². The molecule has 2 atom stereocenters. The summed E-state index contributed by atoms with van der Waals surface area (Å²) >= 11 is 6.10. The predicted octanol–water partition coefficient (Wildman–Crippen LogP) is 2.48. The summed E-state index contributed by atoms with van der Waals surface area (Å²) < 4.78 is 0. The summed E-state index contributed by atoms with van der Waals surface area (Å²) in [6.45, 7) is 0. The van der Waals surface area contributed by atoms with Crippen LogP contribution in [0.15, 0.2) is 24.3 Å². The van der Waals surface area contributed by atoms with Crippen LogP contribution >= 0.6 is 11.6 Å². The van der Waals surface area contributed by atoms with Crippen LogP contribution in [0.5, 0.6) is 0 Å². The summed E-state index contributed by atoms with van der Waals surface area (Å²) in [6.07, 6.45) is 3.48. The molecule has 17 heavy (non-hydrogen) atoms. The highest BCUT2D eigenvalue weighted by Crippen LogP contribution is 2.21. The van der Waals surface area contributed by atoms with E-state index in [2.05, 4.69) is 5.32 Å². The summed E-state index contributed by atoms with van der Waals surface area (Å²) in [7, 11) is 0. The minimum atomic E-state index is -0.756. The Kier molecular flexibility index (Phi) is 4.02. The number of aliphatic carboxylic acids is 1. The van der Waals surface area contributed by atoms with Crippen LogP contribution in [0, 0.1) is 0 Å². The van der Waals surface area contributed by atoms with Crippen LogP contribution < -0.4 is 5.32 Å². The highest BCUT2D eigenvalue weighted by atomic mass is 35.5. The molecule has 4 heteroatoms. The number of carboxylic acid groups (broad SMARTS) is 1. The Balaban J connectivity index is 1.99. The van der Waals surface area contributed by atoms with Gasteiger partial charge in [-0.25, -0.2) is 0 Å². The number of nitrogens with one attached hydrogen (secondary N) is 1. The normalized spacial score (nSPS) is 24.5. The minimum absolute atomic E-state index is 0.213. The number of carboxylic acids is 1. The summed E-state index contributed by atoms with van der Waals surface area (Å²) in [6, 6.07) is 7.53. The predicted molar refractivity (Wildman–Crippen MR) is 67.4 cm³/mol. The molecule has 0 bridgehead atoms. The molecule has 0 aromatic heterocycles. The maximum absolute atomic E-state index is 10.9. The fourth-order valence-corrected chi connectivity index (χ4v) is 2.52. The van der Waals surface area contributed by atoms with Crippen LogP contribution in [-0.2, 0) is 11.2 Å². The van der Waals surface area contributed by atoms with E-state index in [9.17, 15) is 4.79 Å². The van der Waals surface area contributed by atoms with Crippen molar-refractivity contribution in [3.8, 4) is 0 Å². The number of piperidine rings is 1. The third-order valence-electron chi connectivity index (χ3n) is 3.20. The van der Waals surface area contributed by atoms with E-state index < -0.39 is 12.0 Å². The van der Waals surface area contributed by atoms with Gasteiger partial charge in [-0.05, 0) is 37.3 Å². The van der Waals surface area contributed by atoms with Gasteiger partial charge in [0.1, 0.15) is 6.04 Å². The number of hydrogen-bond acceptors (Lipinski definition) is 2. The maximum atomic E-state index is 10.9. The Bertz CT molecular complexity index is 408. The fourth-order valence-electron chi connectivity index (χ4n) is 2.30. The lowest BCUT2D eigenvalue weighted by atomic mass is 9.94. The second kappa shape index (κ2) is 5.52. The quantitative estimate of drug-likeness (QED) is 0.870. The van der Waals surface area contributed by atoms with Crippen molar-refractivity contribution < 1.29 is 9.90 Å². The zero-order valence-corrected chi connectivity index (χ0v) is 10.3. The largest absolute Gasteiger partial charge is 0.480 e. The van der Waals surface area contributed by atoms with Gasteiger partial charge in [0.25, 0.3) is 0 Å². The highest BCUT2D eigenvalue weighted by molar-refractivity contribution is 6.31. The van der Waals surface area contributed by atoms with Crippen molar-refractivity contribution in [2.45, 2.75) is 37.8 Å². The summed E-state index contributed by atoms with van der Waals surface area (Å²) in [5, 5.41) is 12.9. The summed E-state index contributed by atoms with van der Waals surface area (Å²) in [5.74, 6) is -0.756. The minimum Gasteiger partial charge on any atom is -0.480 e. The van der Waals surface area contributed by atoms with Crippen molar-refractivity contribution in [1.29, 1.82) is 0 Å². The van der Waals surface area contributed by atoms with E-state index in [1.165, 1.54) is 0 Å². The molecule has 1 aliphatic heterocycles. The van der Waals surface area contributed by atoms with E-state index in [1.807, 2.05) is 24.3 Å². The molecule has 1 aromatic rings. The van der Waals surface area contributed by atoms with Crippen molar-refractivity contribution in [3.05, 3.63) is 34.9 Å². The topological polar surface area (TPSA) is 49.3 Å². The first-order valence-corrected chi connectivity index (χ1v) is 6.27. The van der Waals surface area contributed by atoms with Gasteiger partial charge in [-0.2, -0.15) is 0 Å². The number of hydrogen-bond donors (Lipinski definition) is 2. The molecule has 2 N–H and O–H groups in total. The van der Waals surface area contributed by atoms with E-state index in [-0.39, 0.29) is 6.04 Å². The smallest absolute Gasteiger partial charge is 0.320 e. The molecule has 1 fully saturated rings. The van der Waals surface area contributed by atoms with Crippen molar-refractivity contribution >= 4 is 17.6 Å². The molecule has 1 saturated heterocycles. The van der Waals surface area contributed by atoms with Crippen LogP contribution in [0.25, 0.3) is 0 Å². The standard InChI is InChI=1S/C13H16ClNO2/c14-11-6-2-1-4-9(11)8-10-5-3-7-12(15-10)13(16)17/h1-2,4,6,10,12,15H,3,5,7-8H2,(H,16,17). The van der Waals surface area contributed by atoms with Crippen LogP contribution in [0.1, 0.15) is 24.8 Å². The Hall–Kier alpha value is -1.06. The SMILES string of the molecule is O=C(O)C1CCCC(Cc2ccccc2Cl)N1. The molecule has 3 nitrogen and oxygen atoms in total. The molecular formula is C13H16ClNO2. The van der Waals surface area contributed by atoms with Gasteiger partial charge in [0.05, 0.1) is 0 Å². The number of benzene rings is 1. The first kappa shape index (κ1) is 12.4. The van der Waals surface area contributed by atoms with Gasteiger partial charge in [0, 0.05) is 11.1 Å². The second-order valence-corrected chi connectivity index (χ2v) is 4.89. The lowest BCUT2D eigenvalue weighted by Crippen LogP contribution is -2.47. The Morgan fingerprint density at radius 2 is 2.18 bits per heavy atom. The summed E-state index contributed by atoms with van der Waals surface area (Å²) in [5.41, 5.74) is 1.08. The Labute approximate surface area is 106 Å². The lowest BCUT2D eigenvalue weighted by Gasteiger charge is -2.28. The van der Waals surface area contributed by atoms with Crippen molar-refractivity contribution in [2.24, 2.45) is 0 Å². The van der Waals surface area contributed by atoms with E-state index in [0.29, 0.717) is 6.42 Å². The molecule has 1 heterocycles. The van der Waals surface area contributed by atoms with Crippen molar-refractivity contribution in [3.63, 3.8) is 0 Å². The molecule has 1 aromatic carbocycles. The van der Waals surface area contributed by atoms with E-state index in [1.54, 1.807) is 0 Å². The molecule has 2 rings (SSSR count). The maximum Gasteiger partial charge on any atom is 0.320 e. The highest BCUT2D eigenvalue weighted by Gasteiger charge is 2.26. The third kappa shape index (κ3) is 3.20. The van der Waals surface area contributed by atoms with Crippen LogP contribution in [0.2, 0.25) is 5.02 Å². The molecule has 0 spiro atoms. The van der Waals surface area contributed by atoms with E-state index in [4.69, 9.17) is 16.7 Å². The number of carbonyl (C=O) groups is 1. The van der Waals surface area contributed by atoms with Gasteiger partial charge in [-0.15, -0.1) is 0 Å². The first-order valence-electron chi connectivity index (χ1n) is 5.89. The molecule has 92 valence electrons. The van der Waals surface area contributed by atoms with Gasteiger partial charge >= 0.3 is 5.97 Å². The molecule has 0 radical (unpaired) electrons. The second-order valence-electron chi connectivity index (χ2n) is 4.48. The Morgan fingerprint density at radius 1 is 1.41 bits per heavy atom. The lowest BCUT2D eigenvalue weighted by molar-refractivity contribution is -0.140. The monoisotopic (exact) mass is 253 g/mol. The van der Waals surface area contributed by atoms with Crippen LogP contribution in [0.4, 0.5) is 0 Å². The molecular weight excluding hydrogens is 238 g/mol. The van der Waals surface area contributed by atoms with Crippen LogP contribution in [0.3, 0.4) is 0 Å². The van der Waals surface area contributed by atoms with Gasteiger partial charge in [-0.1, -0.05) is 29.8 Å². The first-order chi connectivity index (χ1) is 8.16. The van der Waals surface area contributed by atoms with Gasteiger partial charge in [-0.3, -0.25) is 4.79 Å². The Morgan fingerprint density at radius 3 is 2.88 bits per heavy atom. The van der Waals surface area contributed by atoms with Crippen LogP contribution in [-0.4, -0.2) is 23.2 Å². The molecule has 2 unspecified atom stereocenters. The summed E-state index contributed by atoms with van der Waals surface area (Å²) in [4.78, 5) is 10.9. The van der Waals surface area contributed by atoms with Gasteiger partial charge in [0.2, 0.25) is 0 Å². The third-order valence-corrected chi connectivity index (χ3v) is 3.57. The zero-order valence-electron chi connectivity index (χ0n) is 9.53. The van der Waals surface area contributed by atoms with Crippen molar-refractivity contribution in [2.75, 3.05) is 0 Å². The average Bonchev–Trinajstić information content (AvgIpc) is 2.32. The van der Waals surface area contributed by atoms with E-state index >= 15 is 0 Å². The zero-order chi connectivity index (χ0) is 12.3. The number of halogens is 1. The molecule has 0 aliphatic carbocycles. The number of rotatable bonds is 3.